The zero-order chi connectivity index (χ0) is 7.98. The average molecular weight is 140 g/mol. The van der Waals surface area contributed by atoms with Gasteiger partial charge in [0.15, 0.2) is 0 Å². The van der Waals surface area contributed by atoms with E-state index in [1.54, 1.807) is 0 Å². The molecule has 0 aromatic carbocycles. The molecule has 0 aliphatic carbocycles. The van der Waals surface area contributed by atoms with E-state index < -0.39 is 0 Å². The first-order valence-electron chi connectivity index (χ1n) is 3.61. The molecule has 0 radical (unpaired) electrons. The minimum atomic E-state index is 0.433. The fourth-order valence-corrected chi connectivity index (χ4v) is 0.902. The maximum absolute atomic E-state index is 6.91. The molecule has 0 saturated carbocycles. The summed E-state index contributed by atoms with van der Waals surface area (Å²) in [5.41, 5.74) is 1.03. The number of hydrogen-bond acceptors (Lipinski definition) is 2. The monoisotopic (exact) mass is 140 g/mol. The summed E-state index contributed by atoms with van der Waals surface area (Å²) in [6, 6.07) is 0. The van der Waals surface area contributed by atoms with Gasteiger partial charge < -0.3 is 10.7 Å². The fourth-order valence-electron chi connectivity index (χ4n) is 0.902. The van der Waals surface area contributed by atoms with Crippen molar-refractivity contribution in [2.75, 3.05) is 7.05 Å². The third kappa shape index (κ3) is 2.67. The highest BCUT2D eigenvalue weighted by Crippen LogP contribution is 2.12. The summed E-state index contributed by atoms with van der Waals surface area (Å²) in [4.78, 5) is 0. The average Bonchev–Trinajstić information content (AvgIpc) is 1.99. The zero-order valence-electron chi connectivity index (χ0n) is 6.78. The lowest BCUT2D eigenvalue weighted by Crippen LogP contribution is -2.14. The van der Waals surface area contributed by atoms with E-state index in [2.05, 4.69) is 18.8 Å². The van der Waals surface area contributed by atoms with Crippen molar-refractivity contribution < 1.29 is 0 Å². The predicted octanol–water partition coefficient (Wildman–Crippen LogP) is 1.79. The van der Waals surface area contributed by atoms with Crippen molar-refractivity contribution in [3.8, 4) is 0 Å². The van der Waals surface area contributed by atoms with Crippen molar-refractivity contribution in [2.45, 2.75) is 19.8 Å². The predicted molar refractivity (Wildman–Crippen MR) is 45.4 cm³/mol. The van der Waals surface area contributed by atoms with Gasteiger partial charge in [-0.05, 0) is 19.1 Å². The Balaban J connectivity index is 3.79. The Bertz CT molecular complexity index is 118. The number of rotatable bonds is 5. The quantitative estimate of drug-likeness (QED) is 0.561. The molecule has 0 aromatic heterocycles. The van der Waals surface area contributed by atoms with Gasteiger partial charge in [-0.3, -0.25) is 0 Å². The minimum absolute atomic E-state index is 0.433. The Hall–Kier alpha value is -0.790. The molecule has 0 aliphatic rings. The van der Waals surface area contributed by atoms with Crippen LogP contribution in [0, 0.1) is 11.3 Å². The first-order valence-corrected chi connectivity index (χ1v) is 3.61. The first-order chi connectivity index (χ1) is 4.76. The summed E-state index contributed by atoms with van der Waals surface area (Å²) in [5, 5.41) is 9.91. The Kier molecular flexibility index (Phi) is 4.63. The molecule has 0 rings (SSSR count). The highest BCUT2D eigenvalue weighted by atomic mass is 14.8. The maximum Gasteiger partial charge on any atom is 0.00661 e. The van der Waals surface area contributed by atoms with Gasteiger partial charge >= 0.3 is 0 Å². The van der Waals surface area contributed by atoms with Crippen LogP contribution in [0.3, 0.4) is 0 Å². The molecule has 2 heteroatoms. The van der Waals surface area contributed by atoms with Crippen LogP contribution in [-0.2, 0) is 0 Å². The zero-order valence-corrected chi connectivity index (χ0v) is 6.78. The van der Waals surface area contributed by atoms with Crippen LogP contribution >= 0.6 is 0 Å². The lowest BCUT2D eigenvalue weighted by molar-refractivity contribution is 0.585. The smallest absolute Gasteiger partial charge is 0.00661 e. The van der Waals surface area contributed by atoms with Crippen molar-refractivity contribution in [1.82, 2.24) is 5.32 Å². The standard InChI is InChI=1S/C8H16N2/c1-4-8(5-6-9)7(2)10-3/h6,8-10H,2,4-5H2,1,3H3. The highest BCUT2D eigenvalue weighted by Gasteiger charge is 2.05. The third-order valence-corrected chi connectivity index (χ3v) is 1.71. The van der Waals surface area contributed by atoms with Crippen LogP contribution in [0.15, 0.2) is 12.3 Å². The van der Waals surface area contributed by atoms with E-state index in [1.807, 2.05) is 7.05 Å². The molecule has 2 nitrogen and oxygen atoms in total. The second kappa shape index (κ2) is 5.03. The van der Waals surface area contributed by atoms with Gasteiger partial charge in [0.2, 0.25) is 0 Å². The lowest BCUT2D eigenvalue weighted by atomic mass is 10.0. The second-order valence-corrected chi connectivity index (χ2v) is 2.32. The first kappa shape index (κ1) is 9.21. The van der Waals surface area contributed by atoms with E-state index in [-0.39, 0.29) is 0 Å². The fraction of sp³-hybridized carbons (Fsp3) is 0.625. The van der Waals surface area contributed by atoms with Crippen molar-refractivity contribution in [1.29, 1.82) is 5.41 Å². The van der Waals surface area contributed by atoms with E-state index >= 15 is 0 Å². The van der Waals surface area contributed by atoms with E-state index in [0.717, 1.165) is 18.5 Å². The minimum Gasteiger partial charge on any atom is -0.392 e. The van der Waals surface area contributed by atoms with Crippen LogP contribution in [-0.4, -0.2) is 13.3 Å². The SMILES string of the molecule is C=C(NC)C(CC)CC=N. The van der Waals surface area contributed by atoms with Crippen molar-refractivity contribution in [3.05, 3.63) is 12.3 Å². The molecule has 2 N–H and O–H groups in total. The van der Waals surface area contributed by atoms with Crippen molar-refractivity contribution in [2.24, 2.45) is 5.92 Å². The van der Waals surface area contributed by atoms with E-state index in [1.165, 1.54) is 6.21 Å². The summed E-state index contributed by atoms with van der Waals surface area (Å²) < 4.78 is 0. The number of nitrogens with one attached hydrogen (secondary N) is 2. The Morgan fingerprint density at radius 3 is 2.70 bits per heavy atom. The van der Waals surface area contributed by atoms with Crippen LogP contribution in [0.25, 0.3) is 0 Å². The molecule has 0 saturated heterocycles. The molecule has 1 unspecified atom stereocenters. The Morgan fingerprint density at radius 1 is 1.80 bits per heavy atom. The lowest BCUT2D eigenvalue weighted by Gasteiger charge is -2.14. The molecule has 10 heavy (non-hydrogen) atoms. The Labute approximate surface area is 62.8 Å². The van der Waals surface area contributed by atoms with Crippen molar-refractivity contribution in [3.63, 3.8) is 0 Å². The molecule has 0 aromatic rings. The van der Waals surface area contributed by atoms with E-state index in [9.17, 15) is 0 Å². The highest BCUT2D eigenvalue weighted by molar-refractivity contribution is 5.53. The van der Waals surface area contributed by atoms with Crippen molar-refractivity contribution >= 4 is 6.21 Å². The topological polar surface area (TPSA) is 35.9 Å². The molecular formula is C8H16N2. The summed E-state index contributed by atoms with van der Waals surface area (Å²) in [6.45, 7) is 5.96. The summed E-state index contributed by atoms with van der Waals surface area (Å²) in [6.07, 6.45) is 3.29. The molecule has 0 bridgehead atoms. The summed E-state index contributed by atoms with van der Waals surface area (Å²) in [5.74, 6) is 0.433. The van der Waals surface area contributed by atoms with Gasteiger partial charge in [-0.1, -0.05) is 13.5 Å². The normalized spacial score (nSPS) is 12.2. The van der Waals surface area contributed by atoms with Crippen LogP contribution < -0.4 is 5.32 Å². The molecule has 0 aliphatic heterocycles. The molecule has 0 fully saturated rings. The number of hydrogen-bond donors (Lipinski definition) is 2. The molecule has 0 amide bonds. The third-order valence-electron chi connectivity index (χ3n) is 1.71. The van der Waals surface area contributed by atoms with Gasteiger partial charge in [0.25, 0.3) is 0 Å². The molecular weight excluding hydrogens is 124 g/mol. The Morgan fingerprint density at radius 2 is 2.40 bits per heavy atom. The van der Waals surface area contributed by atoms with Crippen LogP contribution in [0.1, 0.15) is 19.8 Å². The van der Waals surface area contributed by atoms with E-state index in [4.69, 9.17) is 5.41 Å². The second-order valence-electron chi connectivity index (χ2n) is 2.32. The van der Waals surface area contributed by atoms with Gasteiger partial charge in [-0.2, -0.15) is 0 Å². The molecule has 0 spiro atoms. The van der Waals surface area contributed by atoms with Crippen LogP contribution in [0.5, 0.6) is 0 Å². The van der Waals surface area contributed by atoms with Gasteiger partial charge in [-0.25, -0.2) is 0 Å². The summed E-state index contributed by atoms with van der Waals surface area (Å²) >= 11 is 0. The molecule has 0 heterocycles. The van der Waals surface area contributed by atoms with Crippen LogP contribution in [0.4, 0.5) is 0 Å². The maximum atomic E-state index is 6.91. The van der Waals surface area contributed by atoms with Gasteiger partial charge in [-0.15, -0.1) is 0 Å². The molecule has 1 atom stereocenters. The van der Waals surface area contributed by atoms with Gasteiger partial charge in [0, 0.05) is 18.7 Å². The van der Waals surface area contributed by atoms with Crippen LogP contribution in [0.2, 0.25) is 0 Å². The van der Waals surface area contributed by atoms with E-state index in [0.29, 0.717) is 5.92 Å². The van der Waals surface area contributed by atoms with Gasteiger partial charge in [0.05, 0.1) is 0 Å². The number of allylic oxidation sites excluding steroid dienone is 1. The molecule has 58 valence electrons. The largest absolute Gasteiger partial charge is 0.392 e. The van der Waals surface area contributed by atoms with Gasteiger partial charge in [0.1, 0.15) is 0 Å². The summed E-state index contributed by atoms with van der Waals surface area (Å²) in [7, 11) is 1.87.